The van der Waals surface area contributed by atoms with Crippen LogP contribution in [0.5, 0.6) is 11.5 Å². The van der Waals surface area contributed by atoms with Crippen LogP contribution in [0.15, 0.2) is 78.4 Å². The summed E-state index contributed by atoms with van der Waals surface area (Å²) in [5.41, 5.74) is 4.10. The van der Waals surface area contributed by atoms with Crippen LogP contribution >= 0.6 is 11.3 Å². The Morgan fingerprint density at radius 3 is 2.10 bits per heavy atom. The van der Waals surface area contributed by atoms with Gasteiger partial charge in [0, 0.05) is 48.3 Å². The number of rotatable bonds is 28. The van der Waals surface area contributed by atoms with E-state index in [1.165, 1.54) is 22.3 Å². The molecule has 8 rings (SSSR count). The summed E-state index contributed by atoms with van der Waals surface area (Å²) in [5.74, 6) is -0.494. The summed E-state index contributed by atoms with van der Waals surface area (Å²) in [6.07, 6.45) is 4.79. The van der Waals surface area contributed by atoms with E-state index in [0.717, 1.165) is 58.3 Å². The summed E-state index contributed by atoms with van der Waals surface area (Å²) in [7, 11) is 0. The van der Waals surface area contributed by atoms with Crippen molar-refractivity contribution >= 4 is 51.6 Å². The number of β-amino-alcohol motifs (C(OH)–C–C–N with tert-alkyl or cyclic N) is 1. The number of nitrogens with zero attached hydrogens (tertiary/aromatic N) is 3. The van der Waals surface area contributed by atoms with Gasteiger partial charge in [0.2, 0.25) is 17.7 Å². The lowest BCUT2D eigenvalue weighted by Crippen LogP contribution is -2.59. The third-order valence-electron chi connectivity index (χ3n) is 15.2. The molecule has 3 fully saturated rings. The van der Waals surface area contributed by atoms with E-state index < -0.39 is 47.0 Å². The van der Waals surface area contributed by atoms with Gasteiger partial charge < -0.3 is 54.4 Å². The molecule has 2 aliphatic carbocycles. The molecule has 0 unspecified atom stereocenters. The Bertz CT molecular complexity index is 2870. The normalized spacial score (nSPS) is 19.5. The number of thiazole rings is 1. The number of carbonyl (C=O) groups is 4. The summed E-state index contributed by atoms with van der Waals surface area (Å²) in [6, 6.07) is 17.6. The third kappa shape index (κ3) is 16.3. The molecule has 3 heterocycles. The van der Waals surface area contributed by atoms with Crippen molar-refractivity contribution in [1.29, 1.82) is 0 Å². The number of aliphatic hydroxyl groups excluding tert-OH is 1. The van der Waals surface area contributed by atoms with Crippen LogP contribution < -0.4 is 25.4 Å². The van der Waals surface area contributed by atoms with Gasteiger partial charge >= 0.3 is 0 Å². The lowest BCUT2D eigenvalue weighted by Gasteiger charge is -2.35. The van der Waals surface area contributed by atoms with E-state index in [0.29, 0.717) is 81.5 Å². The molecule has 0 bridgehead atoms. The fraction of sp³-hybridized carbons (Fsp3) is 0.533. The number of alkyl halides is 1. The maximum Gasteiger partial charge on any atom is 0.258 e. The van der Waals surface area contributed by atoms with Crippen LogP contribution in [0.2, 0.25) is 0 Å². The van der Waals surface area contributed by atoms with E-state index >= 15 is 0 Å². The van der Waals surface area contributed by atoms with Gasteiger partial charge in [-0.15, -0.1) is 11.3 Å². The van der Waals surface area contributed by atoms with Crippen molar-refractivity contribution in [2.24, 2.45) is 17.3 Å². The second-order valence-electron chi connectivity index (χ2n) is 22.1. The minimum Gasteiger partial charge on any atom is -0.491 e. The number of likely N-dealkylation sites (tertiary alicyclic amines) is 1. The molecule has 3 aliphatic rings. The number of halogens is 2. The molecule has 0 spiro atoms. The monoisotopic (exact) mass is 1130 g/mol. The lowest BCUT2D eigenvalue weighted by molar-refractivity contribution is -0.145. The highest BCUT2D eigenvalue weighted by Gasteiger charge is 2.53. The molecular weight excluding hydrogens is 1050 g/mol. The minimum absolute atomic E-state index is 0.00529. The summed E-state index contributed by atoms with van der Waals surface area (Å²) in [5, 5.41) is 20.1. The number of hydrogen-bond donors (Lipinski definition) is 4. The smallest absolute Gasteiger partial charge is 0.258 e. The minimum atomic E-state index is -1.98. The fourth-order valence-electron chi connectivity index (χ4n) is 10.3. The Labute approximate surface area is 470 Å². The van der Waals surface area contributed by atoms with E-state index in [1.807, 2.05) is 62.4 Å². The van der Waals surface area contributed by atoms with Crippen molar-refractivity contribution in [1.82, 2.24) is 25.5 Å². The van der Waals surface area contributed by atoms with Gasteiger partial charge in [-0.3, -0.25) is 24.2 Å². The first kappa shape index (κ1) is 59.9. The number of ether oxygens (including phenoxy) is 6. The van der Waals surface area contributed by atoms with E-state index in [9.17, 15) is 33.1 Å². The number of carbonyl (C=O) groups excluding carboxylic acids is 4. The van der Waals surface area contributed by atoms with Crippen LogP contribution in [-0.2, 0) is 44.7 Å². The average molecular weight is 1130 g/mol. The van der Waals surface area contributed by atoms with Crippen LogP contribution in [0.25, 0.3) is 21.3 Å². The second kappa shape index (κ2) is 28.0. The largest absolute Gasteiger partial charge is 0.491 e. The lowest BCUT2D eigenvalue weighted by atomic mass is 9.73. The SMILES string of the molecule is Cc1ncsc1-c1ccc(CNC(=O)[C@@H]2C[C@@H](O)CN2C(=O)[C@@H](NC(=O)C2(F)CC2)C(C)(C)C)c(OCCOCCOCCOCCOCCOc2ccc(NC(=O)[C@H](C)C3CCC(c4ccnc5ccc(F)cc45)CC3)cc2)c1. The first-order valence-corrected chi connectivity index (χ1v) is 28.7. The first-order valence-electron chi connectivity index (χ1n) is 27.8. The van der Waals surface area contributed by atoms with Gasteiger partial charge in [-0.05, 0) is 128 Å². The molecule has 80 heavy (non-hydrogen) atoms. The Kier molecular flexibility index (Phi) is 21.0. The van der Waals surface area contributed by atoms with Gasteiger partial charge in [0.1, 0.15) is 42.6 Å². The highest BCUT2D eigenvalue weighted by Crippen LogP contribution is 2.42. The van der Waals surface area contributed by atoms with Gasteiger partial charge in [0.25, 0.3) is 5.91 Å². The van der Waals surface area contributed by atoms with Crippen molar-refractivity contribution in [3.63, 3.8) is 0 Å². The maximum absolute atomic E-state index is 14.6. The number of amides is 4. The molecule has 20 heteroatoms. The molecular formula is C60H76F2N6O11S. The molecule has 3 aromatic carbocycles. The van der Waals surface area contributed by atoms with Crippen molar-refractivity contribution in [3.05, 3.63) is 101 Å². The molecule has 2 saturated carbocycles. The first-order chi connectivity index (χ1) is 38.5. The van der Waals surface area contributed by atoms with Crippen LogP contribution in [0.1, 0.15) is 95.4 Å². The molecule has 1 aliphatic heterocycles. The van der Waals surface area contributed by atoms with E-state index in [4.69, 9.17) is 28.4 Å². The van der Waals surface area contributed by atoms with Gasteiger partial charge in [-0.2, -0.15) is 0 Å². The Balaban J connectivity index is 0.666. The standard InChI is InChI=1S/C60H76F2N6O11S/c1-38(40-6-8-41(9-7-40)48-18-21-63-50-17-12-44(61)33-49(48)50)55(70)66-45-13-15-47(16-14-45)78-30-28-76-26-24-74-22-23-75-25-27-77-29-31-79-52-32-42(53-39(2)65-37-80-53)10-11-43(52)35-64-56(71)51-34-46(69)36-68(51)57(72)54(59(3,4)5)67-58(73)60(62)19-20-60/h10-18,21,32-33,37-38,40-41,46,51,54,69H,6-9,19-20,22-31,34-36H2,1-5H3,(H,64,71)(H,66,70)(H,67,73)/t38-,40?,41?,46-,51+,54-/m1/s1. The maximum atomic E-state index is 14.6. The number of aromatic nitrogens is 2. The third-order valence-corrected chi connectivity index (χ3v) is 16.1. The molecule has 2 aromatic heterocycles. The van der Waals surface area contributed by atoms with Crippen LogP contribution in [0.3, 0.4) is 0 Å². The highest BCUT2D eigenvalue weighted by atomic mass is 32.1. The Morgan fingerprint density at radius 1 is 0.825 bits per heavy atom. The molecule has 17 nitrogen and oxygen atoms in total. The van der Waals surface area contributed by atoms with Crippen molar-refractivity contribution in [2.75, 3.05) is 77.9 Å². The summed E-state index contributed by atoms with van der Waals surface area (Å²) < 4.78 is 63.5. The van der Waals surface area contributed by atoms with Crippen molar-refractivity contribution in [2.45, 2.75) is 116 Å². The second-order valence-corrected chi connectivity index (χ2v) is 22.9. The number of aryl methyl sites for hydroxylation is 1. The van der Waals surface area contributed by atoms with Gasteiger partial charge in [-0.25, -0.2) is 13.8 Å². The van der Waals surface area contributed by atoms with E-state index in [-0.39, 0.29) is 69.1 Å². The Hall–Kier alpha value is -6.16. The predicted octanol–water partition coefficient (Wildman–Crippen LogP) is 8.49. The number of nitrogens with one attached hydrogen (secondary N) is 3. The van der Waals surface area contributed by atoms with Gasteiger partial charge in [-0.1, -0.05) is 39.8 Å². The topological polar surface area (TPSA) is 209 Å². The van der Waals surface area contributed by atoms with Crippen molar-refractivity contribution < 1.29 is 61.5 Å². The predicted molar refractivity (Wildman–Crippen MR) is 300 cm³/mol. The zero-order valence-corrected chi connectivity index (χ0v) is 47.3. The zero-order valence-electron chi connectivity index (χ0n) is 46.4. The zero-order chi connectivity index (χ0) is 56.8. The van der Waals surface area contributed by atoms with Gasteiger partial charge in [0.05, 0.1) is 80.6 Å². The highest BCUT2D eigenvalue weighted by molar-refractivity contribution is 7.13. The molecule has 5 aromatic rings. The number of aliphatic hydroxyl groups is 1. The van der Waals surface area contributed by atoms with E-state index in [1.54, 1.807) is 44.6 Å². The van der Waals surface area contributed by atoms with Gasteiger partial charge in [0.15, 0.2) is 5.67 Å². The van der Waals surface area contributed by atoms with Crippen LogP contribution in [0, 0.1) is 30.0 Å². The molecule has 4 atom stereocenters. The summed E-state index contributed by atoms with van der Waals surface area (Å²) >= 11 is 1.50. The fourth-order valence-corrected chi connectivity index (χ4v) is 11.1. The van der Waals surface area contributed by atoms with E-state index in [2.05, 4.69) is 25.9 Å². The van der Waals surface area contributed by atoms with Crippen LogP contribution in [0.4, 0.5) is 14.5 Å². The van der Waals surface area contributed by atoms with Crippen molar-refractivity contribution in [3.8, 4) is 21.9 Å². The number of fused-ring (bicyclic) bond motifs is 1. The number of hydrogen-bond acceptors (Lipinski definition) is 14. The Morgan fingerprint density at radius 2 is 1.48 bits per heavy atom. The number of pyridine rings is 1. The van der Waals surface area contributed by atoms with Crippen LogP contribution in [-0.4, -0.2) is 140 Å². The average Bonchev–Trinajstić information content (AvgIpc) is 3.92. The summed E-state index contributed by atoms with van der Waals surface area (Å²) in [4.78, 5) is 64.6. The molecule has 1 saturated heterocycles. The molecule has 4 N–H and O–H groups in total. The molecule has 4 amide bonds. The quantitative estimate of drug-likeness (QED) is 0.0347. The molecule has 432 valence electrons. The molecule has 0 radical (unpaired) electrons. The summed E-state index contributed by atoms with van der Waals surface area (Å²) in [6.45, 7) is 12.6. The number of benzene rings is 3. The number of anilines is 1.